The van der Waals surface area contributed by atoms with Crippen molar-refractivity contribution >= 4 is 39.8 Å². The second-order valence-electron chi connectivity index (χ2n) is 2.90. The fourth-order valence-corrected chi connectivity index (χ4v) is 3.17. The molecule has 0 spiro atoms. The fourth-order valence-electron chi connectivity index (χ4n) is 1.33. The number of thiazole rings is 1. The molecule has 72 valence electrons. The Morgan fingerprint density at radius 2 is 2.31 bits per heavy atom. The molecule has 0 saturated carbocycles. The van der Waals surface area contributed by atoms with Gasteiger partial charge in [0, 0.05) is 18.8 Å². The van der Waals surface area contributed by atoms with Crippen molar-refractivity contribution in [3.8, 4) is 0 Å². The molecule has 0 unspecified atom stereocenters. The Kier molecular flexibility index (Phi) is 3.35. The van der Waals surface area contributed by atoms with Crippen LogP contribution in [0.5, 0.6) is 0 Å². The van der Waals surface area contributed by atoms with E-state index in [1.54, 1.807) is 17.5 Å². The van der Waals surface area contributed by atoms with Crippen molar-refractivity contribution in [3.63, 3.8) is 0 Å². The first-order valence-corrected chi connectivity index (χ1v) is 6.65. The monoisotopic (exact) mass is 234 g/mol. The van der Waals surface area contributed by atoms with Crippen molar-refractivity contribution in [2.45, 2.75) is 6.42 Å². The van der Waals surface area contributed by atoms with Crippen molar-refractivity contribution < 1.29 is 0 Å². The van der Waals surface area contributed by atoms with Gasteiger partial charge in [-0.1, -0.05) is 22.9 Å². The van der Waals surface area contributed by atoms with Crippen molar-refractivity contribution in [1.82, 2.24) is 4.98 Å². The Hall–Kier alpha value is 0.0700. The smallest absolute Gasteiger partial charge is 0.186 e. The first kappa shape index (κ1) is 9.62. The van der Waals surface area contributed by atoms with E-state index in [1.807, 2.05) is 11.8 Å². The van der Waals surface area contributed by atoms with E-state index in [0.29, 0.717) is 0 Å². The van der Waals surface area contributed by atoms with Gasteiger partial charge in [0.2, 0.25) is 0 Å². The molecule has 1 aromatic rings. The molecule has 0 radical (unpaired) electrons. The van der Waals surface area contributed by atoms with Crippen LogP contribution in [0.2, 0.25) is 4.34 Å². The molecule has 0 amide bonds. The molecule has 0 aliphatic carbocycles. The molecule has 0 atom stereocenters. The Morgan fingerprint density at radius 1 is 1.38 bits per heavy atom. The molecule has 5 heteroatoms. The van der Waals surface area contributed by atoms with E-state index in [4.69, 9.17) is 11.6 Å². The summed E-state index contributed by atoms with van der Waals surface area (Å²) in [6, 6.07) is 0. The fraction of sp³-hybridized carbons (Fsp3) is 0.625. The van der Waals surface area contributed by atoms with Crippen LogP contribution >= 0.6 is 34.7 Å². The minimum atomic E-state index is 0.784. The summed E-state index contributed by atoms with van der Waals surface area (Å²) in [6.07, 6.45) is 2.99. The topological polar surface area (TPSA) is 16.1 Å². The highest BCUT2D eigenvalue weighted by atomic mass is 35.5. The van der Waals surface area contributed by atoms with Gasteiger partial charge in [0.25, 0.3) is 0 Å². The number of hydrogen-bond donors (Lipinski definition) is 0. The molecule has 1 fully saturated rings. The third kappa shape index (κ3) is 2.51. The lowest BCUT2D eigenvalue weighted by Gasteiger charge is -2.17. The number of aromatic nitrogens is 1. The van der Waals surface area contributed by atoms with Gasteiger partial charge in [0.15, 0.2) is 5.13 Å². The van der Waals surface area contributed by atoms with Crippen molar-refractivity contribution in [2.24, 2.45) is 0 Å². The maximum absolute atomic E-state index is 5.84. The molecule has 2 heterocycles. The van der Waals surface area contributed by atoms with E-state index in [2.05, 4.69) is 9.88 Å². The Morgan fingerprint density at radius 3 is 3.08 bits per heavy atom. The predicted octanol–water partition coefficient (Wildman–Crippen LogP) is 2.74. The molecule has 1 saturated heterocycles. The third-order valence-electron chi connectivity index (χ3n) is 1.96. The molecule has 2 nitrogen and oxygen atoms in total. The van der Waals surface area contributed by atoms with Crippen LogP contribution in [-0.2, 0) is 0 Å². The number of halogens is 1. The van der Waals surface area contributed by atoms with Gasteiger partial charge in [-0.2, -0.15) is 11.8 Å². The maximum Gasteiger partial charge on any atom is 0.186 e. The maximum atomic E-state index is 5.84. The van der Waals surface area contributed by atoms with Crippen LogP contribution in [0.25, 0.3) is 0 Å². The summed E-state index contributed by atoms with van der Waals surface area (Å²) in [5.74, 6) is 2.48. The summed E-state index contributed by atoms with van der Waals surface area (Å²) in [5, 5.41) is 1.08. The van der Waals surface area contributed by atoms with Crippen LogP contribution in [0.3, 0.4) is 0 Å². The number of thioether (sulfide) groups is 1. The van der Waals surface area contributed by atoms with Crippen LogP contribution in [-0.4, -0.2) is 29.6 Å². The second kappa shape index (κ2) is 4.53. The summed E-state index contributed by atoms with van der Waals surface area (Å²) in [5.41, 5.74) is 0. The first-order chi connectivity index (χ1) is 6.36. The summed E-state index contributed by atoms with van der Waals surface area (Å²) in [6.45, 7) is 2.23. The molecule has 0 N–H and O–H groups in total. The van der Waals surface area contributed by atoms with Crippen LogP contribution in [0.15, 0.2) is 6.20 Å². The van der Waals surface area contributed by atoms with Crippen LogP contribution in [0, 0.1) is 0 Å². The molecule has 13 heavy (non-hydrogen) atoms. The lowest BCUT2D eigenvalue weighted by Crippen LogP contribution is -2.25. The number of nitrogens with zero attached hydrogens (tertiary/aromatic N) is 2. The minimum absolute atomic E-state index is 0.784. The Balaban J connectivity index is 2.06. The van der Waals surface area contributed by atoms with Gasteiger partial charge in [-0.15, -0.1) is 0 Å². The molecule has 1 aliphatic heterocycles. The van der Waals surface area contributed by atoms with Gasteiger partial charge in [0.05, 0.1) is 6.20 Å². The van der Waals surface area contributed by atoms with Crippen LogP contribution in [0.4, 0.5) is 5.13 Å². The van der Waals surface area contributed by atoms with Gasteiger partial charge >= 0.3 is 0 Å². The highest BCUT2D eigenvalue weighted by Crippen LogP contribution is 2.27. The van der Waals surface area contributed by atoms with E-state index in [-0.39, 0.29) is 0 Å². The van der Waals surface area contributed by atoms with Gasteiger partial charge in [-0.05, 0) is 12.2 Å². The van der Waals surface area contributed by atoms with Crippen molar-refractivity contribution in [2.75, 3.05) is 29.5 Å². The van der Waals surface area contributed by atoms with Crippen LogP contribution in [0.1, 0.15) is 6.42 Å². The number of anilines is 1. The summed E-state index contributed by atoms with van der Waals surface area (Å²) < 4.78 is 0.784. The average molecular weight is 235 g/mol. The standard InChI is InChI=1S/C8H11ClN2S2/c9-7-6-10-8(13-7)11-2-1-4-12-5-3-11/h6H,1-5H2. The Bertz CT molecular complexity index is 269. The van der Waals surface area contributed by atoms with Gasteiger partial charge in [-0.25, -0.2) is 4.98 Å². The average Bonchev–Trinajstić information content (AvgIpc) is 2.43. The number of rotatable bonds is 1. The van der Waals surface area contributed by atoms with E-state index in [9.17, 15) is 0 Å². The first-order valence-electron chi connectivity index (χ1n) is 4.30. The summed E-state index contributed by atoms with van der Waals surface area (Å²) in [7, 11) is 0. The lowest BCUT2D eigenvalue weighted by atomic mass is 10.4. The molecular formula is C8H11ClN2S2. The zero-order chi connectivity index (χ0) is 9.10. The third-order valence-corrected chi connectivity index (χ3v) is 4.18. The van der Waals surface area contributed by atoms with E-state index in [1.165, 1.54) is 17.9 Å². The highest BCUT2D eigenvalue weighted by molar-refractivity contribution is 7.99. The lowest BCUT2D eigenvalue weighted by molar-refractivity contribution is 0.812. The van der Waals surface area contributed by atoms with Gasteiger partial charge in [-0.3, -0.25) is 0 Å². The molecule has 1 aromatic heterocycles. The molecule has 2 rings (SSSR count). The highest BCUT2D eigenvalue weighted by Gasteiger charge is 2.12. The normalized spacial score (nSPS) is 18.7. The summed E-state index contributed by atoms with van der Waals surface area (Å²) in [4.78, 5) is 6.61. The van der Waals surface area contributed by atoms with E-state index in [0.717, 1.165) is 22.6 Å². The van der Waals surface area contributed by atoms with Crippen LogP contribution < -0.4 is 4.90 Å². The van der Waals surface area contributed by atoms with Crippen molar-refractivity contribution in [1.29, 1.82) is 0 Å². The van der Waals surface area contributed by atoms with Gasteiger partial charge < -0.3 is 4.90 Å². The molecule has 0 aromatic carbocycles. The van der Waals surface area contributed by atoms with E-state index < -0.39 is 0 Å². The SMILES string of the molecule is Clc1cnc(N2CCCSCC2)s1. The quantitative estimate of drug-likeness (QED) is 0.744. The van der Waals surface area contributed by atoms with Crippen molar-refractivity contribution in [3.05, 3.63) is 10.5 Å². The van der Waals surface area contributed by atoms with E-state index >= 15 is 0 Å². The second-order valence-corrected chi connectivity index (χ2v) is 5.77. The zero-order valence-electron chi connectivity index (χ0n) is 7.20. The Labute approximate surface area is 91.3 Å². The van der Waals surface area contributed by atoms with Gasteiger partial charge in [0.1, 0.15) is 4.34 Å². The largest absolute Gasteiger partial charge is 0.347 e. The molecule has 1 aliphatic rings. The molecule has 0 bridgehead atoms. The predicted molar refractivity (Wildman–Crippen MR) is 61.3 cm³/mol. The zero-order valence-corrected chi connectivity index (χ0v) is 9.59. The minimum Gasteiger partial charge on any atom is -0.347 e. The number of hydrogen-bond acceptors (Lipinski definition) is 4. The molecular weight excluding hydrogens is 224 g/mol. The summed E-state index contributed by atoms with van der Waals surface area (Å²) >= 11 is 9.44.